The number of benzene rings is 1. The van der Waals surface area contributed by atoms with Crippen molar-refractivity contribution in [2.75, 3.05) is 6.61 Å². The number of carbonyl (C=O) groups is 3. The van der Waals surface area contributed by atoms with Crippen molar-refractivity contribution in [2.45, 2.75) is 58.4 Å². The van der Waals surface area contributed by atoms with Gasteiger partial charge in [0.1, 0.15) is 6.04 Å². The van der Waals surface area contributed by atoms with E-state index in [1.54, 1.807) is 6.92 Å². The lowest BCUT2D eigenvalue weighted by Crippen LogP contribution is -2.45. The molecule has 0 aromatic heterocycles. The van der Waals surface area contributed by atoms with Gasteiger partial charge in [0.15, 0.2) is 0 Å². The zero-order valence-electron chi connectivity index (χ0n) is 15.4. The number of hydrogen-bond donors (Lipinski definition) is 2. The molecule has 0 unspecified atom stereocenters. The summed E-state index contributed by atoms with van der Waals surface area (Å²) in [7, 11) is 0. The lowest BCUT2D eigenvalue weighted by molar-refractivity contribution is -0.144. The molecular formula is C19H28N2O4. The summed E-state index contributed by atoms with van der Waals surface area (Å²) in [4.78, 5) is 34.8. The highest BCUT2D eigenvalue weighted by molar-refractivity contribution is 5.88. The second-order valence-corrected chi connectivity index (χ2v) is 6.98. The Labute approximate surface area is 149 Å². The van der Waals surface area contributed by atoms with Crippen molar-refractivity contribution in [3.8, 4) is 0 Å². The summed E-state index contributed by atoms with van der Waals surface area (Å²) < 4.78 is 4.77. The fraction of sp³-hybridized carbons (Fsp3) is 0.526. The Kier molecular flexibility index (Phi) is 7.61. The monoisotopic (exact) mass is 348 g/mol. The number of nitrogens with one attached hydrogen (secondary N) is 1. The van der Waals surface area contributed by atoms with E-state index in [9.17, 15) is 14.4 Å². The zero-order valence-corrected chi connectivity index (χ0v) is 15.4. The molecule has 3 N–H and O–H groups in total. The third kappa shape index (κ3) is 7.37. The molecule has 0 heterocycles. The second-order valence-electron chi connectivity index (χ2n) is 6.98. The first-order chi connectivity index (χ1) is 11.6. The summed E-state index contributed by atoms with van der Waals surface area (Å²) in [5.74, 6) is -1.45. The topological polar surface area (TPSA) is 98.5 Å². The summed E-state index contributed by atoms with van der Waals surface area (Å²) in [5, 5.41) is 2.59. The first kappa shape index (κ1) is 20.7. The second kappa shape index (κ2) is 9.20. The van der Waals surface area contributed by atoms with E-state index in [0.717, 1.165) is 5.56 Å². The molecule has 1 aromatic carbocycles. The van der Waals surface area contributed by atoms with Crippen molar-refractivity contribution in [3.63, 3.8) is 0 Å². The van der Waals surface area contributed by atoms with Gasteiger partial charge in [-0.1, -0.05) is 45.0 Å². The number of ether oxygens (including phenoxy) is 1. The molecule has 0 radical (unpaired) electrons. The van der Waals surface area contributed by atoms with E-state index in [4.69, 9.17) is 10.5 Å². The average Bonchev–Trinajstić information content (AvgIpc) is 2.52. The average molecular weight is 348 g/mol. The molecule has 0 spiro atoms. The predicted octanol–water partition coefficient (Wildman–Crippen LogP) is 1.84. The Hall–Kier alpha value is -2.37. The van der Waals surface area contributed by atoms with Gasteiger partial charge in [-0.25, -0.2) is 0 Å². The van der Waals surface area contributed by atoms with E-state index in [0.29, 0.717) is 6.42 Å². The SMILES string of the molecule is CCOC(=O)CCC(=O)N[C@@H](Cc1ccc(C(C)(C)C)cc1)C(N)=O. The lowest BCUT2D eigenvalue weighted by atomic mass is 9.86. The minimum Gasteiger partial charge on any atom is -0.466 e. The van der Waals surface area contributed by atoms with Crippen molar-refractivity contribution >= 4 is 17.8 Å². The smallest absolute Gasteiger partial charge is 0.306 e. The van der Waals surface area contributed by atoms with Crippen LogP contribution in [-0.2, 0) is 31.0 Å². The molecule has 1 atom stereocenters. The van der Waals surface area contributed by atoms with Crippen LogP contribution in [0.15, 0.2) is 24.3 Å². The van der Waals surface area contributed by atoms with Gasteiger partial charge in [0, 0.05) is 12.8 Å². The number of rotatable bonds is 8. The Morgan fingerprint density at radius 1 is 1.12 bits per heavy atom. The maximum Gasteiger partial charge on any atom is 0.306 e. The lowest BCUT2D eigenvalue weighted by Gasteiger charge is -2.20. The van der Waals surface area contributed by atoms with E-state index in [1.165, 1.54) is 5.56 Å². The van der Waals surface area contributed by atoms with Gasteiger partial charge in [-0.2, -0.15) is 0 Å². The molecule has 0 bridgehead atoms. The van der Waals surface area contributed by atoms with Gasteiger partial charge in [0.05, 0.1) is 13.0 Å². The molecule has 0 saturated carbocycles. The van der Waals surface area contributed by atoms with Crippen LogP contribution in [-0.4, -0.2) is 30.4 Å². The standard InChI is InChI=1S/C19H28N2O4/c1-5-25-17(23)11-10-16(22)21-15(18(20)24)12-13-6-8-14(9-7-13)19(2,3)4/h6-9,15H,5,10-12H2,1-4H3,(H2,20,24)(H,21,22)/t15-/m0/s1. The highest BCUT2D eigenvalue weighted by atomic mass is 16.5. The van der Waals surface area contributed by atoms with Gasteiger partial charge in [0.2, 0.25) is 11.8 Å². The first-order valence-corrected chi connectivity index (χ1v) is 8.47. The van der Waals surface area contributed by atoms with Gasteiger partial charge in [-0.3, -0.25) is 14.4 Å². The quantitative estimate of drug-likeness (QED) is 0.700. The van der Waals surface area contributed by atoms with Crippen molar-refractivity contribution < 1.29 is 19.1 Å². The minimum absolute atomic E-state index is 0.0224. The third-order valence-corrected chi connectivity index (χ3v) is 3.80. The Morgan fingerprint density at radius 2 is 1.72 bits per heavy atom. The van der Waals surface area contributed by atoms with Crippen LogP contribution < -0.4 is 11.1 Å². The molecule has 138 valence electrons. The molecule has 6 heteroatoms. The largest absolute Gasteiger partial charge is 0.466 e. The van der Waals surface area contributed by atoms with Crippen LogP contribution >= 0.6 is 0 Å². The fourth-order valence-electron chi connectivity index (χ4n) is 2.31. The molecular weight excluding hydrogens is 320 g/mol. The maximum absolute atomic E-state index is 11.9. The normalized spacial score (nSPS) is 12.3. The van der Waals surface area contributed by atoms with Crippen molar-refractivity contribution in [3.05, 3.63) is 35.4 Å². The Morgan fingerprint density at radius 3 is 2.20 bits per heavy atom. The van der Waals surface area contributed by atoms with Crippen molar-refractivity contribution in [1.29, 1.82) is 0 Å². The highest BCUT2D eigenvalue weighted by Gasteiger charge is 2.20. The van der Waals surface area contributed by atoms with Crippen LogP contribution in [0.1, 0.15) is 51.7 Å². The van der Waals surface area contributed by atoms with E-state index in [2.05, 4.69) is 26.1 Å². The van der Waals surface area contributed by atoms with Gasteiger partial charge in [-0.05, 0) is 23.5 Å². The van der Waals surface area contributed by atoms with Crippen LogP contribution in [0.25, 0.3) is 0 Å². The highest BCUT2D eigenvalue weighted by Crippen LogP contribution is 2.22. The number of amides is 2. The first-order valence-electron chi connectivity index (χ1n) is 8.47. The molecule has 25 heavy (non-hydrogen) atoms. The van der Waals surface area contributed by atoms with Crippen molar-refractivity contribution in [1.82, 2.24) is 5.32 Å². The maximum atomic E-state index is 11.9. The Balaban J connectivity index is 2.64. The molecule has 0 fully saturated rings. The fourth-order valence-corrected chi connectivity index (χ4v) is 2.31. The molecule has 0 saturated heterocycles. The van der Waals surface area contributed by atoms with E-state index >= 15 is 0 Å². The van der Waals surface area contributed by atoms with Gasteiger partial charge in [0.25, 0.3) is 0 Å². The van der Waals surface area contributed by atoms with Crippen LogP contribution in [0, 0.1) is 0 Å². The number of esters is 1. The molecule has 2 amide bonds. The van der Waals surface area contributed by atoms with Crippen LogP contribution in [0.4, 0.5) is 0 Å². The molecule has 1 aromatic rings. The Bertz CT molecular complexity index is 603. The summed E-state index contributed by atoms with van der Waals surface area (Å²) in [6, 6.07) is 7.07. The van der Waals surface area contributed by atoms with Crippen LogP contribution in [0.3, 0.4) is 0 Å². The van der Waals surface area contributed by atoms with E-state index in [1.807, 2.05) is 24.3 Å². The van der Waals surface area contributed by atoms with E-state index in [-0.39, 0.29) is 24.9 Å². The predicted molar refractivity (Wildman–Crippen MR) is 95.8 cm³/mol. The number of primary amides is 1. The molecule has 6 nitrogen and oxygen atoms in total. The summed E-state index contributed by atoms with van der Waals surface area (Å²) in [5.41, 5.74) is 7.53. The summed E-state index contributed by atoms with van der Waals surface area (Å²) >= 11 is 0. The summed E-state index contributed by atoms with van der Waals surface area (Å²) in [6.45, 7) is 8.34. The molecule has 1 rings (SSSR count). The summed E-state index contributed by atoms with van der Waals surface area (Å²) in [6.07, 6.45) is 0.252. The molecule has 0 aliphatic rings. The minimum atomic E-state index is -0.810. The van der Waals surface area contributed by atoms with Gasteiger partial charge in [-0.15, -0.1) is 0 Å². The molecule has 0 aliphatic carbocycles. The zero-order chi connectivity index (χ0) is 19.0. The third-order valence-electron chi connectivity index (χ3n) is 3.80. The number of nitrogens with two attached hydrogens (primary N) is 1. The van der Waals surface area contributed by atoms with Gasteiger partial charge >= 0.3 is 5.97 Å². The van der Waals surface area contributed by atoms with Gasteiger partial charge < -0.3 is 15.8 Å². The number of hydrogen-bond acceptors (Lipinski definition) is 4. The van der Waals surface area contributed by atoms with Crippen LogP contribution in [0.2, 0.25) is 0 Å². The number of carbonyl (C=O) groups excluding carboxylic acids is 3. The van der Waals surface area contributed by atoms with E-state index < -0.39 is 23.8 Å². The molecule has 0 aliphatic heterocycles. The van der Waals surface area contributed by atoms with Crippen molar-refractivity contribution in [2.24, 2.45) is 5.73 Å². The van der Waals surface area contributed by atoms with Crippen LogP contribution in [0.5, 0.6) is 0 Å².